The Morgan fingerprint density at radius 1 is 1.50 bits per heavy atom. The third-order valence-corrected chi connectivity index (χ3v) is 1.10. The summed E-state index contributed by atoms with van der Waals surface area (Å²) in [7, 11) is 0. The van der Waals surface area contributed by atoms with Gasteiger partial charge in [0.25, 0.3) is 0 Å². The Labute approximate surface area is 62.5 Å². The minimum absolute atomic E-state index is 0.202. The summed E-state index contributed by atoms with van der Waals surface area (Å²) in [5.41, 5.74) is 0. The van der Waals surface area contributed by atoms with E-state index >= 15 is 0 Å². The standard InChI is InChI=1S/C8H16O2/c1-2-3-7-10-8-5-4-6-9/h5,8-9H,2-4,6-7H2,1H3. The van der Waals surface area contributed by atoms with Crippen LogP contribution in [0, 0.1) is 0 Å². The molecule has 0 saturated carbocycles. The van der Waals surface area contributed by atoms with Gasteiger partial charge in [0, 0.05) is 6.61 Å². The van der Waals surface area contributed by atoms with Crippen molar-refractivity contribution in [2.45, 2.75) is 26.2 Å². The van der Waals surface area contributed by atoms with Crippen LogP contribution in [0.1, 0.15) is 26.2 Å². The van der Waals surface area contributed by atoms with Gasteiger partial charge < -0.3 is 9.84 Å². The zero-order chi connectivity index (χ0) is 7.66. The molecule has 0 atom stereocenters. The Morgan fingerprint density at radius 3 is 2.90 bits per heavy atom. The van der Waals surface area contributed by atoms with Gasteiger partial charge in [-0.2, -0.15) is 0 Å². The van der Waals surface area contributed by atoms with Gasteiger partial charge >= 0.3 is 0 Å². The monoisotopic (exact) mass is 144 g/mol. The first-order valence-corrected chi connectivity index (χ1v) is 3.79. The van der Waals surface area contributed by atoms with E-state index in [0.717, 1.165) is 19.4 Å². The topological polar surface area (TPSA) is 29.5 Å². The van der Waals surface area contributed by atoms with Crippen molar-refractivity contribution < 1.29 is 9.84 Å². The van der Waals surface area contributed by atoms with Gasteiger partial charge in [0.05, 0.1) is 12.9 Å². The molecule has 0 bridgehead atoms. The fraction of sp³-hybridized carbons (Fsp3) is 0.750. The second-order valence-corrected chi connectivity index (χ2v) is 2.11. The van der Waals surface area contributed by atoms with Crippen molar-refractivity contribution in [3.05, 3.63) is 12.3 Å². The second-order valence-electron chi connectivity index (χ2n) is 2.11. The van der Waals surface area contributed by atoms with Crippen LogP contribution in [0.25, 0.3) is 0 Å². The van der Waals surface area contributed by atoms with Gasteiger partial charge in [0.2, 0.25) is 0 Å². The molecule has 0 aliphatic rings. The molecule has 2 heteroatoms. The van der Waals surface area contributed by atoms with Crippen molar-refractivity contribution in [1.82, 2.24) is 0 Å². The van der Waals surface area contributed by atoms with E-state index in [1.54, 1.807) is 6.26 Å². The molecule has 1 N–H and O–H groups in total. The zero-order valence-electron chi connectivity index (χ0n) is 6.55. The van der Waals surface area contributed by atoms with Crippen LogP contribution in [0.15, 0.2) is 12.3 Å². The Morgan fingerprint density at radius 2 is 2.30 bits per heavy atom. The molecular weight excluding hydrogens is 128 g/mol. The Hall–Kier alpha value is -0.500. The lowest BCUT2D eigenvalue weighted by Gasteiger charge is -1.96. The summed E-state index contributed by atoms with van der Waals surface area (Å²) in [5, 5.41) is 8.36. The predicted octanol–water partition coefficient (Wildman–Crippen LogP) is 1.70. The fourth-order valence-corrected chi connectivity index (χ4v) is 0.506. The van der Waals surface area contributed by atoms with Gasteiger partial charge in [-0.05, 0) is 18.9 Å². The maximum Gasteiger partial charge on any atom is 0.0873 e. The second kappa shape index (κ2) is 8.50. The summed E-state index contributed by atoms with van der Waals surface area (Å²) < 4.78 is 5.08. The molecular formula is C8H16O2. The number of hydrogen-bond donors (Lipinski definition) is 1. The SMILES string of the molecule is CCCCOC=CCCO. The molecule has 0 aliphatic carbocycles. The molecule has 0 radical (unpaired) electrons. The third kappa shape index (κ3) is 7.50. The average molecular weight is 144 g/mol. The molecule has 0 rings (SSSR count). The number of unbranched alkanes of at least 4 members (excludes halogenated alkanes) is 1. The highest BCUT2D eigenvalue weighted by Gasteiger charge is 1.79. The van der Waals surface area contributed by atoms with Crippen LogP contribution in [0.5, 0.6) is 0 Å². The highest BCUT2D eigenvalue weighted by atomic mass is 16.5. The number of hydrogen-bond acceptors (Lipinski definition) is 2. The summed E-state index contributed by atoms with van der Waals surface area (Å²) in [6.45, 7) is 3.12. The van der Waals surface area contributed by atoms with E-state index in [0.29, 0.717) is 6.42 Å². The van der Waals surface area contributed by atoms with Crippen LogP contribution in [0.4, 0.5) is 0 Å². The van der Waals surface area contributed by atoms with E-state index in [4.69, 9.17) is 9.84 Å². The highest BCUT2D eigenvalue weighted by molar-refractivity contribution is 4.72. The van der Waals surface area contributed by atoms with E-state index in [2.05, 4.69) is 6.92 Å². The normalized spacial score (nSPS) is 10.6. The summed E-state index contributed by atoms with van der Waals surface area (Å²) in [6.07, 6.45) is 6.44. The van der Waals surface area contributed by atoms with Crippen LogP contribution in [-0.2, 0) is 4.74 Å². The van der Waals surface area contributed by atoms with Crippen molar-refractivity contribution in [1.29, 1.82) is 0 Å². The van der Waals surface area contributed by atoms with E-state index in [-0.39, 0.29) is 6.61 Å². The Kier molecular flexibility index (Phi) is 8.07. The average Bonchev–Trinajstić information content (AvgIpc) is 1.97. The number of aliphatic hydroxyl groups is 1. The molecule has 0 aromatic carbocycles. The van der Waals surface area contributed by atoms with Gasteiger partial charge in [-0.3, -0.25) is 0 Å². The highest BCUT2D eigenvalue weighted by Crippen LogP contribution is 1.89. The first kappa shape index (κ1) is 9.50. The molecule has 60 valence electrons. The van der Waals surface area contributed by atoms with Crippen molar-refractivity contribution in [3.63, 3.8) is 0 Å². The first-order chi connectivity index (χ1) is 4.91. The molecule has 0 aromatic heterocycles. The molecule has 2 nitrogen and oxygen atoms in total. The lowest BCUT2D eigenvalue weighted by Crippen LogP contribution is -1.85. The van der Waals surface area contributed by atoms with E-state index < -0.39 is 0 Å². The fourth-order valence-electron chi connectivity index (χ4n) is 0.506. The lowest BCUT2D eigenvalue weighted by molar-refractivity contribution is 0.240. The maximum absolute atomic E-state index is 8.36. The number of aliphatic hydroxyl groups excluding tert-OH is 1. The Balaban J connectivity index is 2.88. The molecule has 0 aromatic rings. The smallest absolute Gasteiger partial charge is 0.0873 e. The zero-order valence-corrected chi connectivity index (χ0v) is 6.55. The predicted molar refractivity (Wildman–Crippen MR) is 41.7 cm³/mol. The molecule has 0 unspecified atom stereocenters. The quantitative estimate of drug-likeness (QED) is 0.454. The van der Waals surface area contributed by atoms with Gasteiger partial charge in [0.1, 0.15) is 0 Å². The van der Waals surface area contributed by atoms with Crippen molar-refractivity contribution in [2.75, 3.05) is 13.2 Å². The molecule has 0 aliphatic heterocycles. The molecule has 0 spiro atoms. The summed E-state index contributed by atoms with van der Waals surface area (Å²) in [5.74, 6) is 0. The van der Waals surface area contributed by atoms with Crippen LogP contribution in [-0.4, -0.2) is 18.3 Å². The van der Waals surface area contributed by atoms with E-state index in [1.807, 2.05) is 6.08 Å². The van der Waals surface area contributed by atoms with Crippen LogP contribution < -0.4 is 0 Å². The molecule has 0 fully saturated rings. The largest absolute Gasteiger partial charge is 0.502 e. The first-order valence-electron chi connectivity index (χ1n) is 3.79. The molecule has 10 heavy (non-hydrogen) atoms. The van der Waals surface area contributed by atoms with Crippen LogP contribution >= 0.6 is 0 Å². The third-order valence-electron chi connectivity index (χ3n) is 1.10. The maximum atomic E-state index is 8.36. The number of rotatable bonds is 6. The number of ether oxygens (including phenoxy) is 1. The van der Waals surface area contributed by atoms with Crippen molar-refractivity contribution >= 4 is 0 Å². The van der Waals surface area contributed by atoms with Gasteiger partial charge in [0.15, 0.2) is 0 Å². The van der Waals surface area contributed by atoms with Crippen LogP contribution in [0.3, 0.4) is 0 Å². The summed E-state index contributed by atoms with van der Waals surface area (Å²) >= 11 is 0. The van der Waals surface area contributed by atoms with Crippen molar-refractivity contribution in [2.24, 2.45) is 0 Å². The summed E-state index contributed by atoms with van der Waals surface area (Å²) in [4.78, 5) is 0. The lowest BCUT2D eigenvalue weighted by atomic mass is 10.4. The Bertz CT molecular complexity index is 79.3. The molecule has 0 heterocycles. The van der Waals surface area contributed by atoms with Gasteiger partial charge in [-0.15, -0.1) is 0 Å². The minimum atomic E-state index is 0.202. The van der Waals surface area contributed by atoms with Crippen LogP contribution in [0.2, 0.25) is 0 Å². The van der Waals surface area contributed by atoms with E-state index in [1.165, 1.54) is 0 Å². The van der Waals surface area contributed by atoms with Crippen molar-refractivity contribution in [3.8, 4) is 0 Å². The van der Waals surface area contributed by atoms with Gasteiger partial charge in [-0.1, -0.05) is 13.3 Å². The van der Waals surface area contributed by atoms with Gasteiger partial charge in [-0.25, -0.2) is 0 Å². The molecule has 0 amide bonds. The molecule has 0 saturated heterocycles. The minimum Gasteiger partial charge on any atom is -0.502 e. The summed E-state index contributed by atoms with van der Waals surface area (Å²) in [6, 6.07) is 0. The van der Waals surface area contributed by atoms with E-state index in [9.17, 15) is 0 Å².